The molecule has 0 amide bonds. The highest BCUT2D eigenvalue weighted by Gasteiger charge is 2.39. The fourth-order valence-electron chi connectivity index (χ4n) is 4.59. The lowest BCUT2D eigenvalue weighted by atomic mass is 9.89. The summed E-state index contributed by atoms with van der Waals surface area (Å²) < 4.78 is 65.9. The van der Waals surface area contributed by atoms with Gasteiger partial charge < -0.3 is 9.80 Å². The van der Waals surface area contributed by atoms with Gasteiger partial charge in [0.2, 0.25) is 0 Å². The molecule has 0 saturated carbocycles. The Morgan fingerprint density at radius 1 is 1.00 bits per heavy atom. The molecular formula is C20H20F5N7. The second kappa shape index (κ2) is 7.82. The van der Waals surface area contributed by atoms with Gasteiger partial charge >= 0.3 is 6.18 Å². The summed E-state index contributed by atoms with van der Waals surface area (Å²) in [4.78, 5) is 16.9. The average Bonchev–Trinajstić information content (AvgIpc) is 3.36. The van der Waals surface area contributed by atoms with Crippen molar-refractivity contribution in [1.29, 1.82) is 0 Å². The van der Waals surface area contributed by atoms with Crippen molar-refractivity contribution in [3.63, 3.8) is 0 Å². The molecule has 0 radical (unpaired) electrons. The van der Waals surface area contributed by atoms with E-state index in [0.29, 0.717) is 54.9 Å². The molecule has 12 heteroatoms. The van der Waals surface area contributed by atoms with Crippen molar-refractivity contribution < 1.29 is 22.0 Å². The number of anilines is 2. The smallest absolute Gasteiger partial charge is 0.356 e. The first kappa shape index (κ1) is 20.8. The summed E-state index contributed by atoms with van der Waals surface area (Å²) in [6.45, 7) is 2.05. The minimum Gasteiger partial charge on any atom is -0.356 e. The Labute approximate surface area is 179 Å². The number of alkyl halides is 5. The Balaban J connectivity index is 1.32. The van der Waals surface area contributed by atoms with Gasteiger partial charge in [0.15, 0.2) is 5.65 Å². The lowest BCUT2D eigenvalue weighted by Crippen LogP contribution is -2.40. The highest BCUT2D eigenvalue weighted by atomic mass is 19.4. The zero-order valence-corrected chi connectivity index (χ0v) is 16.9. The second-order valence-corrected chi connectivity index (χ2v) is 8.22. The summed E-state index contributed by atoms with van der Waals surface area (Å²) in [7, 11) is 0. The van der Waals surface area contributed by atoms with Gasteiger partial charge in [0.1, 0.15) is 23.7 Å². The third kappa shape index (κ3) is 3.93. The molecule has 0 aliphatic carbocycles. The first-order chi connectivity index (χ1) is 15.3. The van der Waals surface area contributed by atoms with E-state index in [1.807, 2.05) is 4.90 Å². The van der Waals surface area contributed by atoms with Crippen LogP contribution in [0.2, 0.25) is 0 Å². The van der Waals surface area contributed by atoms with Crippen LogP contribution in [0.25, 0.3) is 11.2 Å². The van der Waals surface area contributed by atoms with E-state index in [0.717, 1.165) is 23.2 Å². The second-order valence-electron chi connectivity index (χ2n) is 8.22. The Morgan fingerprint density at radius 3 is 2.56 bits per heavy atom. The summed E-state index contributed by atoms with van der Waals surface area (Å²) in [5.41, 5.74) is 0.0565. The van der Waals surface area contributed by atoms with Gasteiger partial charge in [-0.25, -0.2) is 28.4 Å². The number of piperidine rings is 1. The van der Waals surface area contributed by atoms with E-state index in [2.05, 4.69) is 25.0 Å². The van der Waals surface area contributed by atoms with Gasteiger partial charge in [0.05, 0.1) is 18.0 Å². The van der Waals surface area contributed by atoms with Crippen molar-refractivity contribution in [3.8, 4) is 0 Å². The van der Waals surface area contributed by atoms with Crippen LogP contribution in [0.1, 0.15) is 12.0 Å². The molecule has 0 aromatic carbocycles. The van der Waals surface area contributed by atoms with Crippen molar-refractivity contribution in [2.75, 3.05) is 36.0 Å². The van der Waals surface area contributed by atoms with Crippen molar-refractivity contribution in [2.45, 2.75) is 25.6 Å². The molecule has 2 aliphatic rings. The molecule has 2 aliphatic heterocycles. The van der Waals surface area contributed by atoms with E-state index < -0.39 is 24.7 Å². The van der Waals surface area contributed by atoms with E-state index in [9.17, 15) is 22.0 Å². The molecule has 7 nitrogen and oxygen atoms in total. The number of pyridine rings is 1. The minimum absolute atomic E-state index is 0.226. The predicted molar refractivity (Wildman–Crippen MR) is 107 cm³/mol. The Bertz CT molecular complexity index is 1120. The summed E-state index contributed by atoms with van der Waals surface area (Å²) >= 11 is 0. The van der Waals surface area contributed by atoms with Crippen LogP contribution in [0.15, 0.2) is 30.7 Å². The zero-order chi connectivity index (χ0) is 22.5. The molecule has 3 aromatic heterocycles. The van der Waals surface area contributed by atoms with Crippen LogP contribution in [0.4, 0.5) is 33.6 Å². The summed E-state index contributed by atoms with van der Waals surface area (Å²) in [6.07, 6.45) is -1.89. The van der Waals surface area contributed by atoms with Crippen molar-refractivity contribution in [1.82, 2.24) is 24.7 Å². The highest BCUT2D eigenvalue weighted by Crippen LogP contribution is 2.36. The van der Waals surface area contributed by atoms with E-state index in [-0.39, 0.29) is 5.92 Å². The lowest BCUT2D eigenvalue weighted by molar-refractivity contribution is -0.137. The molecule has 2 atom stereocenters. The maximum atomic E-state index is 13.1. The van der Waals surface area contributed by atoms with Crippen molar-refractivity contribution in [2.24, 2.45) is 11.8 Å². The Morgan fingerprint density at radius 2 is 1.78 bits per heavy atom. The van der Waals surface area contributed by atoms with Gasteiger partial charge in [-0.3, -0.25) is 0 Å². The molecule has 5 heterocycles. The predicted octanol–water partition coefficient (Wildman–Crippen LogP) is 3.47. The van der Waals surface area contributed by atoms with Crippen LogP contribution in [0.5, 0.6) is 0 Å². The maximum absolute atomic E-state index is 13.1. The largest absolute Gasteiger partial charge is 0.416 e. The third-order valence-electron chi connectivity index (χ3n) is 6.17. The Hall–Kier alpha value is -3.05. The van der Waals surface area contributed by atoms with Crippen molar-refractivity contribution in [3.05, 3.63) is 36.3 Å². The molecule has 170 valence electrons. The molecule has 32 heavy (non-hydrogen) atoms. The average molecular weight is 453 g/mol. The number of nitrogens with zero attached hydrogens (tertiary/aromatic N) is 7. The number of hydrogen-bond donors (Lipinski definition) is 0. The van der Waals surface area contributed by atoms with E-state index in [4.69, 9.17) is 0 Å². The zero-order valence-electron chi connectivity index (χ0n) is 16.9. The maximum Gasteiger partial charge on any atom is 0.416 e. The molecule has 2 saturated heterocycles. The molecular weight excluding hydrogens is 433 g/mol. The minimum atomic E-state index is -4.41. The molecule has 0 unspecified atom stereocenters. The number of aromatic nitrogens is 5. The van der Waals surface area contributed by atoms with Crippen LogP contribution in [0.3, 0.4) is 0 Å². The molecule has 0 spiro atoms. The molecule has 2 fully saturated rings. The summed E-state index contributed by atoms with van der Waals surface area (Å²) in [6, 6.07) is 2.07. The van der Waals surface area contributed by atoms with Crippen LogP contribution >= 0.6 is 0 Å². The van der Waals surface area contributed by atoms with Gasteiger partial charge in [0, 0.05) is 32.4 Å². The molecule has 5 rings (SSSR count). The topological polar surface area (TPSA) is 63.0 Å². The van der Waals surface area contributed by atoms with Gasteiger partial charge in [0.25, 0.3) is 6.43 Å². The van der Waals surface area contributed by atoms with Crippen molar-refractivity contribution >= 4 is 22.8 Å². The van der Waals surface area contributed by atoms with Gasteiger partial charge in [-0.1, -0.05) is 0 Å². The van der Waals surface area contributed by atoms with E-state index >= 15 is 0 Å². The number of hydrogen-bond acceptors (Lipinski definition) is 6. The molecule has 0 N–H and O–H groups in total. The van der Waals surface area contributed by atoms with Crippen LogP contribution in [0, 0.1) is 11.8 Å². The molecule has 3 aromatic rings. The number of halogens is 5. The SMILES string of the molecule is FC(F)Cn1ncc2ncc(N3CC[C@@H]4CN(c5cc(C(F)(F)F)ccn5)C[C@@H]4C3)nc21. The lowest BCUT2D eigenvalue weighted by Gasteiger charge is -2.34. The van der Waals surface area contributed by atoms with Gasteiger partial charge in [-0.05, 0) is 30.4 Å². The fourth-order valence-corrected chi connectivity index (χ4v) is 4.59. The monoisotopic (exact) mass is 453 g/mol. The van der Waals surface area contributed by atoms with E-state index in [1.54, 1.807) is 6.20 Å². The molecule has 0 bridgehead atoms. The van der Waals surface area contributed by atoms with Gasteiger partial charge in [-0.15, -0.1) is 0 Å². The first-order valence-corrected chi connectivity index (χ1v) is 10.3. The fraction of sp³-hybridized carbons (Fsp3) is 0.500. The van der Waals surface area contributed by atoms with Gasteiger partial charge in [-0.2, -0.15) is 18.3 Å². The standard InChI is InChI=1S/C20H20F5N7/c21-16(22)11-32-19-15(6-28-32)27-7-18(29-19)30-4-2-12-8-31(10-13(12)9-30)17-5-14(1-3-26-17)20(23,24)25/h1,3,5-7,12-13,16H,2,4,8-11H2/t12-,13+/m1/s1. The van der Waals surface area contributed by atoms with Crippen LogP contribution < -0.4 is 9.80 Å². The number of fused-ring (bicyclic) bond motifs is 2. The van der Waals surface area contributed by atoms with Crippen LogP contribution in [-0.4, -0.2) is 57.3 Å². The highest BCUT2D eigenvalue weighted by molar-refractivity contribution is 5.71. The summed E-state index contributed by atoms with van der Waals surface area (Å²) in [5, 5.41) is 3.94. The quantitative estimate of drug-likeness (QED) is 0.564. The normalized spacial score (nSPS) is 21.6. The summed E-state index contributed by atoms with van der Waals surface area (Å²) in [5.74, 6) is 1.48. The van der Waals surface area contributed by atoms with Crippen LogP contribution in [-0.2, 0) is 12.7 Å². The van der Waals surface area contributed by atoms with E-state index in [1.165, 1.54) is 12.4 Å². The third-order valence-corrected chi connectivity index (χ3v) is 6.17. The number of rotatable bonds is 4. The first-order valence-electron chi connectivity index (χ1n) is 10.3. The Kier molecular flexibility index (Phi) is 5.09.